The van der Waals surface area contributed by atoms with E-state index in [-0.39, 0.29) is 6.15 Å². The van der Waals surface area contributed by atoms with E-state index in [1.54, 1.807) is 0 Å². The molecular weight excluding hydrogens is 184 g/mol. The van der Waals surface area contributed by atoms with Gasteiger partial charge in [-0.2, -0.15) is 8.42 Å². The summed E-state index contributed by atoms with van der Waals surface area (Å²) in [6.07, 6.45) is 0.918. The molecule has 72 valence electrons. The average Bonchev–Trinajstić information content (AvgIpc) is 1.85. The number of carbonyl (C=O) groups is 1. The lowest BCUT2D eigenvalue weighted by Crippen LogP contribution is -2.37. The second-order valence-electron chi connectivity index (χ2n) is 1.87. The lowest BCUT2D eigenvalue weighted by Gasteiger charge is -2.07. The molecule has 0 saturated carbocycles. The molecule has 0 rings (SSSR count). The summed E-state index contributed by atoms with van der Waals surface area (Å²) in [6, 6.07) is 0. The molecule has 0 aromatic rings. The molecule has 0 aliphatic carbocycles. The molecule has 0 aromatic carbocycles. The quantitative estimate of drug-likeness (QED) is 0.422. The van der Waals surface area contributed by atoms with Crippen molar-refractivity contribution < 1.29 is 17.8 Å². The lowest BCUT2D eigenvalue weighted by atomic mass is 10.5. The lowest BCUT2D eigenvalue weighted by molar-refractivity contribution is -0.116. The summed E-state index contributed by atoms with van der Waals surface area (Å²) in [5.74, 6) is -0.643. The van der Waals surface area contributed by atoms with Gasteiger partial charge in [0, 0.05) is 0 Å². The van der Waals surface area contributed by atoms with Crippen molar-refractivity contribution in [2.24, 2.45) is 0 Å². The van der Waals surface area contributed by atoms with E-state index in [9.17, 15) is 13.2 Å². The third-order valence-electron chi connectivity index (χ3n) is 0.978. The van der Waals surface area contributed by atoms with Gasteiger partial charge in [-0.1, -0.05) is 6.58 Å². The van der Waals surface area contributed by atoms with E-state index < -0.39 is 21.4 Å². The van der Waals surface area contributed by atoms with Gasteiger partial charge >= 0.3 is 0 Å². The summed E-state index contributed by atoms with van der Waals surface area (Å²) in [6.45, 7) is 4.26. The fourth-order valence-corrected chi connectivity index (χ4v) is 0.599. The monoisotopic (exact) mass is 196 g/mol. The van der Waals surface area contributed by atoms with Crippen LogP contribution >= 0.6 is 0 Å². The highest BCUT2D eigenvalue weighted by molar-refractivity contribution is 7.86. The Morgan fingerprint density at radius 1 is 1.67 bits per heavy atom. The van der Waals surface area contributed by atoms with Gasteiger partial charge in [-0.3, -0.25) is 9.35 Å². The smallest absolute Gasteiger partial charge is 0.285 e. The standard InChI is InChI=1S/C5H9NO4S.H3N/c1-3-5(7)6-4(2)11(8,9)10;/h3-4H,1H2,2H3,(H,6,7)(H,8,9,10);1H3. The summed E-state index contributed by atoms with van der Waals surface area (Å²) in [7, 11) is -4.19. The molecule has 0 heterocycles. The first-order chi connectivity index (χ1) is 4.88. The summed E-state index contributed by atoms with van der Waals surface area (Å²) in [5, 5.41) is 0.676. The largest absolute Gasteiger partial charge is 0.344 e. The Morgan fingerprint density at radius 2 is 2.08 bits per heavy atom. The minimum absolute atomic E-state index is 0. The third kappa shape index (κ3) is 4.83. The van der Waals surface area contributed by atoms with E-state index in [1.807, 2.05) is 5.32 Å². The molecule has 1 unspecified atom stereocenters. The van der Waals surface area contributed by atoms with Gasteiger partial charge in [0.05, 0.1) is 0 Å². The van der Waals surface area contributed by atoms with Crippen LogP contribution in [0.2, 0.25) is 0 Å². The van der Waals surface area contributed by atoms with Crippen molar-refractivity contribution in [2.45, 2.75) is 12.3 Å². The summed E-state index contributed by atoms with van der Waals surface area (Å²) in [4.78, 5) is 10.5. The van der Waals surface area contributed by atoms with Crippen LogP contribution < -0.4 is 11.5 Å². The molecule has 0 aliphatic heterocycles. The van der Waals surface area contributed by atoms with Crippen molar-refractivity contribution in [3.8, 4) is 0 Å². The average molecular weight is 196 g/mol. The Morgan fingerprint density at radius 3 is 2.33 bits per heavy atom. The van der Waals surface area contributed by atoms with E-state index in [4.69, 9.17) is 4.55 Å². The summed E-state index contributed by atoms with van der Waals surface area (Å²) < 4.78 is 28.9. The molecule has 0 radical (unpaired) electrons. The zero-order valence-electron chi connectivity index (χ0n) is 6.65. The predicted molar refractivity (Wildman–Crippen MR) is 44.4 cm³/mol. The van der Waals surface area contributed by atoms with E-state index in [0.717, 1.165) is 13.0 Å². The van der Waals surface area contributed by atoms with Crippen LogP contribution in [-0.4, -0.2) is 24.3 Å². The first kappa shape index (κ1) is 13.7. The van der Waals surface area contributed by atoms with Crippen LogP contribution in [0.15, 0.2) is 12.7 Å². The Kier molecular flexibility index (Phi) is 5.53. The number of hydrogen-bond acceptors (Lipinski definition) is 4. The first-order valence-corrected chi connectivity index (χ1v) is 4.27. The van der Waals surface area contributed by atoms with E-state index in [2.05, 4.69) is 6.58 Å². The van der Waals surface area contributed by atoms with Crippen LogP contribution in [0, 0.1) is 0 Å². The Bertz CT molecular complexity index is 259. The van der Waals surface area contributed by atoms with Gasteiger partial charge in [-0.15, -0.1) is 0 Å². The molecule has 0 spiro atoms. The van der Waals surface area contributed by atoms with E-state index in [0.29, 0.717) is 0 Å². The molecule has 6 nitrogen and oxygen atoms in total. The molecule has 0 bridgehead atoms. The molecule has 7 heteroatoms. The van der Waals surface area contributed by atoms with Crippen molar-refractivity contribution in [1.29, 1.82) is 0 Å². The number of hydrogen-bond donors (Lipinski definition) is 3. The van der Waals surface area contributed by atoms with Crippen LogP contribution in [-0.2, 0) is 14.9 Å². The first-order valence-electron chi connectivity index (χ1n) is 2.77. The normalized spacial score (nSPS) is 12.5. The SMILES string of the molecule is C=CC(=O)NC(C)S(=O)(=O)O.N. The van der Waals surface area contributed by atoms with Gasteiger partial charge in [-0.25, -0.2) is 0 Å². The molecule has 12 heavy (non-hydrogen) atoms. The topological polar surface area (TPSA) is 118 Å². The van der Waals surface area contributed by atoms with Gasteiger partial charge in [-0.05, 0) is 13.0 Å². The number of carbonyl (C=O) groups excluding carboxylic acids is 1. The Hall–Kier alpha value is -0.920. The summed E-state index contributed by atoms with van der Waals surface area (Å²) in [5.41, 5.74) is 0. The van der Waals surface area contributed by atoms with Gasteiger partial charge < -0.3 is 11.5 Å². The predicted octanol–water partition coefficient (Wildman–Crippen LogP) is -0.316. The molecule has 5 N–H and O–H groups in total. The van der Waals surface area contributed by atoms with E-state index >= 15 is 0 Å². The van der Waals surface area contributed by atoms with E-state index in [1.165, 1.54) is 0 Å². The second kappa shape index (κ2) is 4.86. The number of amides is 1. The minimum Gasteiger partial charge on any atom is -0.344 e. The van der Waals surface area contributed by atoms with Crippen molar-refractivity contribution in [1.82, 2.24) is 11.5 Å². The Labute approximate surface area is 71.0 Å². The highest BCUT2D eigenvalue weighted by atomic mass is 32.2. The highest BCUT2D eigenvalue weighted by Gasteiger charge is 2.17. The van der Waals surface area contributed by atoms with Gasteiger partial charge in [0.1, 0.15) is 0 Å². The fourth-order valence-electron chi connectivity index (χ4n) is 0.334. The van der Waals surface area contributed by atoms with Crippen LogP contribution in [0.25, 0.3) is 0 Å². The van der Waals surface area contributed by atoms with Crippen molar-refractivity contribution in [2.75, 3.05) is 0 Å². The number of nitrogens with one attached hydrogen (secondary N) is 1. The maximum Gasteiger partial charge on any atom is 0.285 e. The molecule has 0 saturated heterocycles. The van der Waals surface area contributed by atoms with Gasteiger partial charge in [0.15, 0.2) is 5.37 Å². The third-order valence-corrected chi connectivity index (χ3v) is 1.99. The van der Waals surface area contributed by atoms with Gasteiger partial charge in [0.2, 0.25) is 5.91 Å². The number of rotatable bonds is 3. The van der Waals surface area contributed by atoms with Crippen LogP contribution in [0.4, 0.5) is 0 Å². The molecule has 0 aromatic heterocycles. The zero-order valence-corrected chi connectivity index (χ0v) is 7.47. The molecule has 1 amide bonds. The summed E-state index contributed by atoms with van der Waals surface area (Å²) >= 11 is 0. The van der Waals surface area contributed by atoms with Crippen molar-refractivity contribution in [3.63, 3.8) is 0 Å². The minimum atomic E-state index is -4.19. The van der Waals surface area contributed by atoms with Crippen LogP contribution in [0.5, 0.6) is 0 Å². The maximum absolute atomic E-state index is 10.5. The molecule has 0 aliphatic rings. The van der Waals surface area contributed by atoms with Crippen LogP contribution in [0.3, 0.4) is 0 Å². The maximum atomic E-state index is 10.5. The Balaban J connectivity index is 0. The van der Waals surface area contributed by atoms with Gasteiger partial charge in [0.25, 0.3) is 10.1 Å². The molecule has 1 atom stereocenters. The molecular formula is C5H12N2O4S. The van der Waals surface area contributed by atoms with Crippen molar-refractivity contribution in [3.05, 3.63) is 12.7 Å². The fraction of sp³-hybridized carbons (Fsp3) is 0.400. The second-order valence-corrected chi connectivity index (χ2v) is 3.61. The van der Waals surface area contributed by atoms with Crippen molar-refractivity contribution >= 4 is 16.0 Å². The highest BCUT2D eigenvalue weighted by Crippen LogP contribution is 1.91. The zero-order chi connectivity index (χ0) is 9.07. The van der Waals surface area contributed by atoms with Crippen LogP contribution in [0.1, 0.15) is 6.92 Å². The molecule has 0 fully saturated rings.